The van der Waals surface area contributed by atoms with Crippen molar-refractivity contribution in [1.82, 2.24) is 9.62 Å². The number of fused-ring (bicyclic) bond motifs is 1. The van der Waals surface area contributed by atoms with Crippen molar-refractivity contribution in [3.8, 4) is 0 Å². The molecule has 1 aromatic heterocycles. The molecule has 1 unspecified atom stereocenters. The number of sulfonamides is 1. The third-order valence-electron chi connectivity index (χ3n) is 8.99. The number of carbonyl (C=O) groups excluding carboxylic acids is 1. The Morgan fingerprint density at radius 3 is 2.50 bits per heavy atom. The van der Waals surface area contributed by atoms with Gasteiger partial charge in [0.1, 0.15) is 4.21 Å². The van der Waals surface area contributed by atoms with Crippen molar-refractivity contribution in [3.63, 3.8) is 0 Å². The lowest BCUT2D eigenvalue weighted by molar-refractivity contribution is -0.146. The van der Waals surface area contributed by atoms with Crippen LogP contribution in [0.4, 0.5) is 0 Å². The van der Waals surface area contributed by atoms with Crippen molar-refractivity contribution >= 4 is 49.0 Å². The van der Waals surface area contributed by atoms with Crippen molar-refractivity contribution < 1.29 is 13.2 Å². The van der Waals surface area contributed by atoms with Gasteiger partial charge >= 0.3 is 0 Å². The van der Waals surface area contributed by atoms with E-state index >= 15 is 0 Å². The SMILES string of the molecule is Cc1c(S(=O)(=O)N2CCCCC2CNC(=O)C23CC4CC(CC(C4)C2)C3)sc2ccc(Cl)cc12. The normalized spacial score (nSPS) is 33.5. The number of halogens is 1. The van der Waals surface area contributed by atoms with Gasteiger partial charge in [-0.2, -0.15) is 4.31 Å². The van der Waals surface area contributed by atoms with Crippen molar-refractivity contribution in [2.24, 2.45) is 23.2 Å². The van der Waals surface area contributed by atoms with Gasteiger partial charge in [-0.15, -0.1) is 11.3 Å². The summed E-state index contributed by atoms with van der Waals surface area (Å²) in [7, 11) is -3.65. The van der Waals surface area contributed by atoms with Gasteiger partial charge in [0.15, 0.2) is 0 Å². The first-order chi connectivity index (χ1) is 16.2. The summed E-state index contributed by atoms with van der Waals surface area (Å²) in [6.07, 6.45) is 9.64. The minimum Gasteiger partial charge on any atom is -0.354 e. The Kier molecular flexibility index (Phi) is 5.79. The lowest BCUT2D eigenvalue weighted by atomic mass is 9.49. The smallest absolute Gasteiger partial charge is 0.253 e. The van der Waals surface area contributed by atoms with Crippen LogP contribution in [-0.2, 0) is 14.8 Å². The maximum atomic E-state index is 13.8. The fourth-order valence-electron chi connectivity index (χ4n) is 7.80. The van der Waals surface area contributed by atoms with Crippen molar-refractivity contribution in [1.29, 1.82) is 0 Å². The lowest BCUT2D eigenvalue weighted by Gasteiger charge is -2.55. The quantitative estimate of drug-likeness (QED) is 0.546. The number of piperidine rings is 1. The first-order valence-electron chi connectivity index (χ1n) is 12.7. The second-order valence-corrected chi connectivity index (χ2v) is 14.9. The number of nitrogens with one attached hydrogen (secondary N) is 1. The van der Waals surface area contributed by atoms with Gasteiger partial charge in [0.2, 0.25) is 5.91 Å². The number of aryl methyl sites for hydroxylation is 1. The van der Waals surface area contributed by atoms with Crippen LogP contribution in [0.2, 0.25) is 5.02 Å². The van der Waals surface area contributed by atoms with Gasteiger partial charge in [0.05, 0.1) is 0 Å². The average molecular weight is 521 g/mol. The molecule has 7 rings (SSSR count). The Hall–Kier alpha value is -1.15. The highest BCUT2D eigenvalue weighted by Gasteiger charge is 2.54. The third-order valence-corrected chi connectivity index (χ3v) is 13.0. The molecular formula is C26H33ClN2O3S2. The third kappa shape index (κ3) is 3.82. The van der Waals surface area contributed by atoms with E-state index in [0.29, 0.717) is 40.1 Å². The van der Waals surface area contributed by atoms with Crippen LogP contribution in [0.25, 0.3) is 10.1 Å². The van der Waals surface area contributed by atoms with E-state index in [1.54, 1.807) is 10.4 Å². The van der Waals surface area contributed by atoms with E-state index in [9.17, 15) is 13.2 Å². The maximum absolute atomic E-state index is 13.8. The molecule has 0 spiro atoms. The summed E-state index contributed by atoms with van der Waals surface area (Å²) in [6, 6.07) is 5.36. The van der Waals surface area contributed by atoms with Crippen molar-refractivity contribution in [2.45, 2.75) is 75.0 Å². The van der Waals surface area contributed by atoms with Gasteiger partial charge in [0, 0.05) is 34.3 Å². The highest BCUT2D eigenvalue weighted by molar-refractivity contribution is 7.91. The zero-order valence-corrected chi connectivity index (χ0v) is 22.1. The average Bonchev–Trinajstić information content (AvgIpc) is 3.13. The lowest BCUT2D eigenvalue weighted by Crippen LogP contribution is -2.56. The van der Waals surface area contributed by atoms with Crippen LogP contribution in [0.1, 0.15) is 63.4 Å². The molecular weight excluding hydrogens is 488 g/mol. The Labute approximate surface area is 211 Å². The molecule has 2 heterocycles. The number of rotatable bonds is 5. The molecule has 184 valence electrons. The predicted octanol–water partition coefficient (Wildman–Crippen LogP) is 5.74. The molecule has 1 aromatic carbocycles. The zero-order valence-electron chi connectivity index (χ0n) is 19.7. The van der Waals surface area contributed by atoms with E-state index in [1.807, 2.05) is 19.1 Å². The molecule has 34 heavy (non-hydrogen) atoms. The summed E-state index contributed by atoms with van der Waals surface area (Å²) in [4.78, 5) is 13.5. The second-order valence-electron chi connectivity index (χ2n) is 11.3. The van der Waals surface area contributed by atoms with Crippen LogP contribution >= 0.6 is 22.9 Å². The summed E-state index contributed by atoms with van der Waals surface area (Å²) in [5.74, 6) is 2.33. The second kappa shape index (κ2) is 8.46. The van der Waals surface area contributed by atoms with E-state index in [-0.39, 0.29) is 17.4 Å². The van der Waals surface area contributed by atoms with Crippen LogP contribution in [-0.4, -0.2) is 37.8 Å². The fourth-order valence-corrected chi connectivity index (χ4v) is 11.5. The predicted molar refractivity (Wildman–Crippen MR) is 137 cm³/mol. The van der Waals surface area contributed by atoms with Crippen LogP contribution in [0.5, 0.6) is 0 Å². The van der Waals surface area contributed by atoms with Gasteiger partial charge in [-0.25, -0.2) is 8.42 Å². The molecule has 5 nitrogen and oxygen atoms in total. The van der Waals surface area contributed by atoms with Gasteiger partial charge in [-0.3, -0.25) is 4.79 Å². The van der Waals surface area contributed by atoms with Gasteiger partial charge in [-0.05, 0) is 105 Å². The molecule has 1 saturated heterocycles. The Balaban J connectivity index is 1.22. The molecule has 5 aliphatic rings. The summed E-state index contributed by atoms with van der Waals surface area (Å²) < 4.78 is 30.7. The molecule has 8 heteroatoms. The van der Waals surface area contributed by atoms with E-state index < -0.39 is 10.0 Å². The van der Waals surface area contributed by atoms with Crippen molar-refractivity contribution in [3.05, 3.63) is 28.8 Å². The fraction of sp³-hybridized carbons (Fsp3) is 0.654. The van der Waals surface area contributed by atoms with Crippen LogP contribution in [0.3, 0.4) is 0 Å². The highest BCUT2D eigenvalue weighted by atomic mass is 35.5. The highest BCUT2D eigenvalue weighted by Crippen LogP contribution is 2.60. The molecule has 1 aliphatic heterocycles. The minimum absolute atomic E-state index is 0.183. The number of benzene rings is 1. The van der Waals surface area contributed by atoms with Crippen molar-refractivity contribution in [2.75, 3.05) is 13.1 Å². The van der Waals surface area contributed by atoms with Gasteiger partial charge in [-0.1, -0.05) is 18.0 Å². The van der Waals surface area contributed by atoms with Crippen LogP contribution in [0, 0.1) is 30.1 Å². The van der Waals surface area contributed by atoms with Gasteiger partial charge < -0.3 is 5.32 Å². The number of carbonyl (C=O) groups is 1. The van der Waals surface area contributed by atoms with E-state index in [0.717, 1.165) is 54.2 Å². The molecule has 4 aliphatic carbocycles. The molecule has 1 amide bonds. The van der Waals surface area contributed by atoms with Gasteiger partial charge in [0.25, 0.3) is 10.0 Å². The molecule has 4 bridgehead atoms. The maximum Gasteiger partial charge on any atom is 0.253 e. The Morgan fingerprint density at radius 2 is 1.82 bits per heavy atom. The number of thiophene rings is 1. The number of amides is 1. The molecule has 1 N–H and O–H groups in total. The molecule has 5 fully saturated rings. The Morgan fingerprint density at radius 1 is 1.15 bits per heavy atom. The van der Waals surface area contributed by atoms with E-state index in [2.05, 4.69) is 5.32 Å². The first kappa shape index (κ1) is 23.3. The number of hydrogen-bond acceptors (Lipinski definition) is 4. The number of nitrogens with zero attached hydrogens (tertiary/aromatic N) is 1. The van der Waals surface area contributed by atoms with E-state index in [4.69, 9.17) is 11.6 Å². The molecule has 0 radical (unpaired) electrons. The van der Waals surface area contributed by atoms with Crippen LogP contribution < -0.4 is 5.32 Å². The standard InChI is InChI=1S/C26H33ClN2O3S2/c1-16-22-11-20(27)5-6-23(22)33-24(16)34(31,32)29-7-3-2-4-21(29)15-28-25(30)26-12-17-8-18(13-26)10-19(9-17)14-26/h5-6,11,17-19,21H,2-4,7-10,12-15H2,1H3,(H,28,30). The summed E-state index contributed by atoms with van der Waals surface area (Å²) >= 11 is 7.50. The largest absolute Gasteiger partial charge is 0.354 e. The monoisotopic (exact) mass is 520 g/mol. The summed E-state index contributed by atoms with van der Waals surface area (Å²) in [5, 5.41) is 4.77. The zero-order chi connectivity index (χ0) is 23.7. The van der Waals surface area contributed by atoms with E-state index in [1.165, 1.54) is 30.6 Å². The topological polar surface area (TPSA) is 66.5 Å². The molecule has 1 atom stereocenters. The first-order valence-corrected chi connectivity index (χ1v) is 15.4. The summed E-state index contributed by atoms with van der Waals surface area (Å²) in [6.45, 7) is 2.79. The number of hydrogen-bond donors (Lipinski definition) is 1. The minimum atomic E-state index is -3.65. The summed E-state index contributed by atoms with van der Waals surface area (Å²) in [5.41, 5.74) is 0.568. The molecule has 2 aromatic rings. The molecule has 4 saturated carbocycles. The van der Waals surface area contributed by atoms with Crippen LogP contribution in [0.15, 0.2) is 22.4 Å². The Bertz CT molecular complexity index is 1200.